The fraction of sp³-hybridized carbons (Fsp3) is 0.818. The van der Waals surface area contributed by atoms with Crippen molar-refractivity contribution in [3.05, 3.63) is 0 Å². The summed E-state index contributed by atoms with van der Waals surface area (Å²) in [6, 6.07) is 0. The third kappa shape index (κ3) is 4.51. The second-order valence-corrected chi connectivity index (χ2v) is 3.96. The highest BCUT2D eigenvalue weighted by molar-refractivity contribution is 6.02. The van der Waals surface area contributed by atoms with Crippen LogP contribution in [0.5, 0.6) is 0 Å². The van der Waals surface area contributed by atoms with Gasteiger partial charge in [0, 0.05) is 13.5 Å². The van der Waals surface area contributed by atoms with Crippen LogP contribution in [0.2, 0.25) is 0 Å². The van der Waals surface area contributed by atoms with Gasteiger partial charge in [-0.05, 0) is 20.3 Å². The van der Waals surface area contributed by atoms with Gasteiger partial charge in [-0.15, -0.1) is 0 Å². The van der Waals surface area contributed by atoms with E-state index in [1.165, 1.54) is 7.11 Å². The molecule has 0 fully saturated rings. The lowest BCUT2D eigenvalue weighted by Crippen LogP contribution is -2.35. The van der Waals surface area contributed by atoms with Crippen molar-refractivity contribution in [1.82, 2.24) is 0 Å². The van der Waals surface area contributed by atoms with Gasteiger partial charge >= 0.3 is 0 Å². The van der Waals surface area contributed by atoms with Crippen molar-refractivity contribution in [2.75, 3.05) is 7.11 Å². The van der Waals surface area contributed by atoms with Gasteiger partial charge in [-0.2, -0.15) is 0 Å². The highest BCUT2D eigenvalue weighted by atomic mass is 16.5. The summed E-state index contributed by atoms with van der Waals surface area (Å²) < 4.78 is 5.00. The Morgan fingerprint density at radius 1 is 1.29 bits per heavy atom. The first-order valence-electron chi connectivity index (χ1n) is 5.04. The van der Waals surface area contributed by atoms with E-state index in [1.807, 2.05) is 6.92 Å². The molecule has 0 aliphatic heterocycles. The molecular weight excluding hydrogens is 180 g/mol. The summed E-state index contributed by atoms with van der Waals surface area (Å²) in [4.78, 5) is 22.8. The average molecular weight is 200 g/mol. The van der Waals surface area contributed by atoms with Gasteiger partial charge in [-0.25, -0.2) is 0 Å². The topological polar surface area (TPSA) is 43.4 Å². The number of rotatable bonds is 7. The smallest absolute Gasteiger partial charge is 0.171 e. The van der Waals surface area contributed by atoms with E-state index in [2.05, 4.69) is 0 Å². The van der Waals surface area contributed by atoms with Crippen LogP contribution in [0.4, 0.5) is 0 Å². The number of ether oxygens (including phenoxy) is 1. The molecule has 0 spiro atoms. The molecule has 3 heteroatoms. The second kappa shape index (κ2) is 5.91. The number of methoxy groups -OCH3 is 1. The van der Waals surface area contributed by atoms with Crippen molar-refractivity contribution in [2.24, 2.45) is 0 Å². The lowest BCUT2D eigenvalue weighted by molar-refractivity contribution is -0.140. The Morgan fingerprint density at radius 2 is 1.86 bits per heavy atom. The van der Waals surface area contributed by atoms with Crippen molar-refractivity contribution in [3.8, 4) is 0 Å². The molecule has 14 heavy (non-hydrogen) atoms. The van der Waals surface area contributed by atoms with Gasteiger partial charge in [0.1, 0.15) is 11.4 Å². The molecule has 0 aromatic rings. The predicted octanol–water partition coefficient (Wildman–Crippen LogP) is 2.13. The van der Waals surface area contributed by atoms with E-state index in [0.29, 0.717) is 6.42 Å². The summed E-state index contributed by atoms with van der Waals surface area (Å²) in [6.07, 6.45) is 2.34. The molecule has 0 N–H and O–H groups in total. The number of hydrogen-bond donors (Lipinski definition) is 0. The molecule has 0 saturated carbocycles. The van der Waals surface area contributed by atoms with E-state index < -0.39 is 5.60 Å². The Morgan fingerprint density at radius 3 is 2.29 bits per heavy atom. The molecule has 0 rings (SSSR count). The van der Waals surface area contributed by atoms with Crippen LogP contribution in [0.25, 0.3) is 0 Å². The fourth-order valence-electron chi connectivity index (χ4n) is 0.968. The Kier molecular flexibility index (Phi) is 5.62. The van der Waals surface area contributed by atoms with Crippen molar-refractivity contribution >= 4 is 11.6 Å². The van der Waals surface area contributed by atoms with Crippen molar-refractivity contribution in [2.45, 2.75) is 52.1 Å². The first-order valence-corrected chi connectivity index (χ1v) is 5.04. The standard InChI is InChI=1S/C11H20O3/c1-5-6-7-9(12)8-10(13)11(2,3)14-4/h5-8H2,1-4H3. The summed E-state index contributed by atoms with van der Waals surface area (Å²) in [5.74, 6) is -0.122. The van der Waals surface area contributed by atoms with E-state index in [1.54, 1.807) is 13.8 Å². The maximum absolute atomic E-state index is 11.5. The summed E-state index contributed by atoms with van der Waals surface area (Å²) in [6.45, 7) is 5.39. The highest BCUT2D eigenvalue weighted by Gasteiger charge is 2.27. The molecule has 0 amide bonds. The zero-order valence-electron chi connectivity index (χ0n) is 9.55. The minimum absolute atomic E-state index is 0.000833. The number of ketones is 2. The molecule has 0 bridgehead atoms. The summed E-state index contributed by atoms with van der Waals surface area (Å²) in [7, 11) is 1.48. The van der Waals surface area contributed by atoms with E-state index in [9.17, 15) is 9.59 Å². The molecule has 0 radical (unpaired) electrons. The zero-order valence-corrected chi connectivity index (χ0v) is 9.55. The molecular formula is C11H20O3. The zero-order chi connectivity index (χ0) is 11.2. The van der Waals surface area contributed by atoms with Crippen molar-refractivity contribution in [1.29, 1.82) is 0 Å². The first kappa shape index (κ1) is 13.3. The van der Waals surface area contributed by atoms with Gasteiger partial charge < -0.3 is 4.74 Å². The monoisotopic (exact) mass is 200 g/mol. The fourth-order valence-corrected chi connectivity index (χ4v) is 0.968. The first-order chi connectivity index (χ1) is 6.44. The normalized spacial score (nSPS) is 11.4. The van der Waals surface area contributed by atoms with E-state index in [4.69, 9.17) is 4.74 Å². The van der Waals surface area contributed by atoms with Crippen LogP contribution in [-0.2, 0) is 14.3 Å². The maximum atomic E-state index is 11.5. The average Bonchev–Trinajstić information content (AvgIpc) is 2.14. The minimum Gasteiger partial charge on any atom is -0.371 e. The number of carbonyl (C=O) groups is 2. The van der Waals surface area contributed by atoms with E-state index >= 15 is 0 Å². The minimum atomic E-state index is -0.831. The Hall–Kier alpha value is -0.700. The van der Waals surface area contributed by atoms with Gasteiger partial charge in [-0.3, -0.25) is 9.59 Å². The van der Waals surface area contributed by atoms with E-state index in [0.717, 1.165) is 12.8 Å². The molecule has 3 nitrogen and oxygen atoms in total. The predicted molar refractivity (Wildman–Crippen MR) is 55.2 cm³/mol. The van der Waals surface area contributed by atoms with Gasteiger partial charge in [0.15, 0.2) is 5.78 Å². The van der Waals surface area contributed by atoms with Gasteiger partial charge in [-0.1, -0.05) is 13.3 Å². The lowest BCUT2D eigenvalue weighted by atomic mass is 9.97. The number of carbonyl (C=O) groups excluding carboxylic acids is 2. The summed E-state index contributed by atoms with van der Waals surface area (Å²) in [5, 5.41) is 0. The molecule has 82 valence electrons. The highest BCUT2D eigenvalue weighted by Crippen LogP contribution is 2.12. The number of hydrogen-bond acceptors (Lipinski definition) is 3. The molecule has 0 aromatic carbocycles. The third-order valence-electron chi connectivity index (χ3n) is 2.35. The summed E-state index contributed by atoms with van der Waals surface area (Å²) >= 11 is 0. The van der Waals surface area contributed by atoms with Gasteiger partial charge in [0.25, 0.3) is 0 Å². The Balaban J connectivity index is 4.00. The van der Waals surface area contributed by atoms with Crippen LogP contribution in [0.15, 0.2) is 0 Å². The maximum Gasteiger partial charge on any atom is 0.171 e. The van der Waals surface area contributed by atoms with Crippen LogP contribution in [0, 0.1) is 0 Å². The Bertz CT molecular complexity index is 207. The molecule has 0 aromatic heterocycles. The number of Topliss-reactive ketones (excluding diaryl/α,β-unsaturated/α-hetero) is 2. The third-order valence-corrected chi connectivity index (χ3v) is 2.35. The SMILES string of the molecule is CCCCC(=O)CC(=O)C(C)(C)OC. The van der Waals surface area contributed by atoms with Crippen molar-refractivity contribution in [3.63, 3.8) is 0 Å². The molecule has 0 aliphatic rings. The van der Waals surface area contributed by atoms with Crippen LogP contribution < -0.4 is 0 Å². The Labute approximate surface area is 85.8 Å². The van der Waals surface area contributed by atoms with Gasteiger partial charge in [0.05, 0.1) is 6.42 Å². The number of unbranched alkanes of at least 4 members (excludes halogenated alkanes) is 1. The second-order valence-electron chi connectivity index (χ2n) is 3.96. The molecule has 0 aliphatic carbocycles. The summed E-state index contributed by atoms with van der Waals surface area (Å²) in [5.41, 5.74) is -0.831. The quantitative estimate of drug-likeness (QED) is 0.591. The lowest BCUT2D eigenvalue weighted by Gasteiger charge is -2.20. The molecule has 0 atom stereocenters. The van der Waals surface area contributed by atoms with Crippen LogP contribution >= 0.6 is 0 Å². The van der Waals surface area contributed by atoms with Crippen LogP contribution in [0.1, 0.15) is 46.5 Å². The largest absolute Gasteiger partial charge is 0.371 e. The van der Waals surface area contributed by atoms with E-state index in [-0.39, 0.29) is 18.0 Å². The van der Waals surface area contributed by atoms with Crippen LogP contribution in [0.3, 0.4) is 0 Å². The molecule has 0 heterocycles. The molecule has 0 unspecified atom stereocenters. The van der Waals surface area contributed by atoms with Gasteiger partial charge in [0.2, 0.25) is 0 Å². The van der Waals surface area contributed by atoms with Crippen LogP contribution in [-0.4, -0.2) is 24.3 Å². The van der Waals surface area contributed by atoms with Crippen molar-refractivity contribution < 1.29 is 14.3 Å². The molecule has 0 saturated heterocycles.